The Hall–Kier alpha value is -0.930. The smallest absolute Gasteiger partial charge is 0.305 e. The van der Waals surface area contributed by atoms with Crippen molar-refractivity contribution in [2.75, 3.05) is 19.8 Å². The maximum Gasteiger partial charge on any atom is 0.305 e. The number of carbonyl (C=O) groups excluding carboxylic acids is 1. The molecule has 0 aromatic carbocycles. The molecular weight excluding hydrogens is 552 g/mol. The molecule has 12 nitrogen and oxygen atoms in total. The number of ether oxygens (including phenoxy) is 4. The van der Waals surface area contributed by atoms with Crippen LogP contribution in [0.5, 0.6) is 0 Å². The summed E-state index contributed by atoms with van der Waals surface area (Å²) >= 11 is 0. The standard InChI is InChI=1S/C30H56O12/c1-2-3-4-5-6-7-8-9-10-11-12-13-14-15-16-17-23(33)39-19-22-24(34)26(36)27(37)29(40-22)42-30(20-32)28(38)25(35)21(18-31)41-30/h21-22,24-29,31-32,34-38H,2-20H2,1H3/t21-,22-,24-,25-,26+,27-,28+,29-,30+/m1/s1. The third kappa shape index (κ3) is 11.5. The maximum absolute atomic E-state index is 12.2. The average Bonchev–Trinajstić information content (AvgIpc) is 3.23. The summed E-state index contributed by atoms with van der Waals surface area (Å²) in [6.45, 7) is 0.146. The molecule has 2 aliphatic heterocycles. The van der Waals surface area contributed by atoms with E-state index in [4.69, 9.17) is 18.9 Å². The molecule has 0 spiro atoms. The van der Waals surface area contributed by atoms with E-state index in [1.54, 1.807) is 0 Å². The van der Waals surface area contributed by atoms with Crippen molar-refractivity contribution in [2.45, 2.75) is 164 Å². The number of carbonyl (C=O) groups is 1. The van der Waals surface area contributed by atoms with E-state index in [0.29, 0.717) is 6.42 Å². The highest BCUT2D eigenvalue weighted by Crippen LogP contribution is 2.36. The molecule has 7 N–H and O–H groups in total. The van der Waals surface area contributed by atoms with E-state index in [2.05, 4.69) is 6.92 Å². The second-order valence-electron chi connectivity index (χ2n) is 11.8. The molecule has 2 rings (SSSR count). The molecule has 2 saturated heterocycles. The van der Waals surface area contributed by atoms with E-state index in [9.17, 15) is 40.5 Å². The number of hydrogen-bond donors (Lipinski definition) is 7. The van der Waals surface area contributed by atoms with Gasteiger partial charge in [-0.1, -0.05) is 96.8 Å². The molecule has 0 amide bonds. The van der Waals surface area contributed by atoms with Crippen LogP contribution in [0.25, 0.3) is 0 Å². The molecule has 0 aromatic heterocycles. The molecule has 12 heteroatoms. The molecule has 0 saturated carbocycles. The highest BCUT2D eigenvalue weighted by atomic mass is 16.8. The first kappa shape index (κ1) is 37.3. The van der Waals surface area contributed by atoms with E-state index >= 15 is 0 Å². The van der Waals surface area contributed by atoms with Crippen LogP contribution in [0.15, 0.2) is 0 Å². The second-order valence-corrected chi connectivity index (χ2v) is 11.8. The fourth-order valence-corrected chi connectivity index (χ4v) is 5.51. The Kier molecular flexibility index (Phi) is 17.9. The van der Waals surface area contributed by atoms with E-state index in [1.807, 2.05) is 0 Å². The number of aliphatic hydroxyl groups is 7. The number of hydrogen-bond acceptors (Lipinski definition) is 12. The lowest BCUT2D eigenvalue weighted by Gasteiger charge is -2.43. The van der Waals surface area contributed by atoms with Crippen molar-refractivity contribution in [2.24, 2.45) is 0 Å². The van der Waals surface area contributed by atoms with Crippen LogP contribution in [-0.2, 0) is 23.7 Å². The van der Waals surface area contributed by atoms with Crippen LogP contribution in [0, 0.1) is 0 Å². The van der Waals surface area contributed by atoms with Gasteiger partial charge in [0, 0.05) is 6.42 Å². The van der Waals surface area contributed by atoms with Gasteiger partial charge < -0.3 is 54.7 Å². The molecule has 0 aliphatic carbocycles. The van der Waals surface area contributed by atoms with Crippen molar-refractivity contribution in [3.05, 3.63) is 0 Å². The molecule has 0 unspecified atom stereocenters. The largest absolute Gasteiger partial charge is 0.463 e. The highest BCUT2D eigenvalue weighted by molar-refractivity contribution is 5.69. The van der Waals surface area contributed by atoms with Crippen molar-refractivity contribution in [1.82, 2.24) is 0 Å². The molecule has 248 valence electrons. The minimum Gasteiger partial charge on any atom is -0.463 e. The molecule has 2 heterocycles. The third-order valence-electron chi connectivity index (χ3n) is 8.28. The number of unbranched alkanes of at least 4 members (excludes halogenated alkanes) is 14. The molecule has 0 bridgehead atoms. The summed E-state index contributed by atoms with van der Waals surface area (Å²) in [4.78, 5) is 12.2. The lowest BCUT2D eigenvalue weighted by Crippen LogP contribution is -2.62. The minimum atomic E-state index is -2.27. The predicted octanol–water partition coefficient (Wildman–Crippen LogP) is 1.42. The van der Waals surface area contributed by atoms with E-state index < -0.39 is 80.6 Å². The van der Waals surface area contributed by atoms with Crippen molar-refractivity contribution in [3.8, 4) is 0 Å². The minimum absolute atomic E-state index is 0.195. The van der Waals surface area contributed by atoms with Gasteiger partial charge in [-0.05, 0) is 6.42 Å². The van der Waals surface area contributed by atoms with Gasteiger partial charge >= 0.3 is 5.97 Å². The summed E-state index contributed by atoms with van der Waals surface area (Å²) < 4.78 is 21.5. The fourth-order valence-electron chi connectivity index (χ4n) is 5.51. The Bertz CT molecular complexity index is 726. The summed E-state index contributed by atoms with van der Waals surface area (Å²) in [5, 5.41) is 70.5. The molecule has 2 aliphatic rings. The Morgan fingerprint density at radius 1 is 0.690 bits per heavy atom. The van der Waals surface area contributed by atoms with Gasteiger partial charge in [0.25, 0.3) is 0 Å². The molecular formula is C30H56O12. The monoisotopic (exact) mass is 608 g/mol. The molecule has 2 fully saturated rings. The van der Waals surface area contributed by atoms with Crippen LogP contribution in [0.3, 0.4) is 0 Å². The SMILES string of the molecule is CCCCCCCCCCCCCCCCCC(=O)OC[C@H]1O[C@H](O[C@]2(CO)O[C@H](CO)[C@@H](O)[C@@H]2O)[C@H](O)[C@@H](O)[C@@H]1O. The molecule has 42 heavy (non-hydrogen) atoms. The normalized spacial score (nSPS) is 33.2. The van der Waals surface area contributed by atoms with Crippen LogP contribution in [0.4, 0.5) is 0 Å². The first-order valence-electron chi connectivity index (χ1n) is 16.0. The quantitative estimate of drug-likeness (QED) is 0.0691. The Labute approximate surface area is 249 Å². The van der Waals surface area contributed by atoms with E-state index in [-0.39, 0.29) is 6.42 Å². The van der Waals surface area contributed by atoms with Crippen LogP contribution in [0.2, 0.25) is 0 Å². The first-order valence-corrected chi connectivity index (χ1v) is 16.0. The van der Waals surface area contributed by atoms with Crippen LogP contribution >= 0.6 is 0 Å². The Balaban J connectivity index is 1.61. The zero-order chi connectivity index (χ0) is 31.0. The molecule has 0 radical (unpaired) electrons. The average molecular weight is 609 g/mol. The van der Waals surface area contributed by atoms with Crippen molar-refractivity contribution in [1.29, 1.82) is 0 Å². The van der Waals surface area contributed by atoms with Gasteiger partial charge in [0.2, 0.25) is 5.79 Å². The summed E-state index contributed by atoms with van der Waals surface area (Å²) in [5.74, 6) is -2.76. The lowest BCUT2D eigenvalue weighted by atomic mass is 9.99. The Morgan fingerprint density at radius 2 is 1.21 bits per heavy atom. The predicted molar refractivity (Wildman–Crippen MR) is 152 cm³/mol. The topological polar surface area (TPSA) is 196 Å². The van der Waals surface area contributed by atoms with Crippen LogP contribution < -0.4 is 0 Å². The van der Waals surface area contributed by atoms with Gasteiger partial charge in [-0.15, -0.1) is 0 Å². The number of esters is 1. The number of aliphatic hydroxyl groups excluding tert-OH is 7. The zero-order valence-electron chi connectivity index (χ0n) is 25.2. The zero-order valence-corrected chi connectivity index (χ0v) is 25.2. The summed E-state index contributed by atoms with van der Waals surface area (Å²) in [6, 6.07) is 0. The molecule has 9 atom stereocenters. The van der Waals surface area contributed by atoms with Gasteiger partial charge in [0.15, 0.2) is 6.29 Å². The van der Waals surface area contributed by atoms with Gasteiger partial charge in [-0.2, -0.15) is 0 Å². The summed E-state index contributed by atoms with van der Waals surface area (Å²) in [7, 11) is 0. The fraction of sp³-hybridized carbons (Fsp3) is 0.967. The summed E-state index contributed by atoms with van der Waals surface area (Å²) in [6.07, 6.45) is 5.52. The molecule has 0 aromatic rings. The maximum atomic E-state index is 12.2. The van der Waals surface area contributed by atoms with Gasteiger partial charge in [0.1, 0.15) is 55.9 Å². The highest BCUT2D eigenvalue weighted by Gasteiger charge is 2.58. The van der Waals surface area contributed by atoms with Crippen molar-refractivity contribution in [3.63, 3.8) is 0 Å². The lowest BCUT2D eigenvalue weighted by molar-refractivity contribution is -0.383. The summed E-state index contributed by atoms with van der Waals surface area (Å²) in [5.41, 5.74) is 0. The van der Waals surface area contributed by atoms with Gasteiger partial charge in [0.05, 0.1) is 6.61 Å². The van der Waals surface area contributed by atoms with Gasteiger partial charge in [-0.3, -0.25) is 4.79 Å². The Morgan fingerprint density at radius 3 is 1.69 bits per heavy atom. The van der Waals surface area contributed by atoms with Crippen LogP contribution in [-0.4, -0.2) is 116 Å². The van der Waals surface area contributed by atoms with Crippen molar-refractivity contribution >= 4 is 5.97 Å². The first-order chi connectivity index (χ1) is 20.2. The van der Waals surface area contributed by atoms with E-state index in [1.165, 1.54) is 70.6 Å². The second kappa shape index (κ2) is 20.2. The third-order valence-corrected chi connectivity index (χ3v) is 8.28. The van der Waals surface area contributed by atoms with Crippen molar-refractivity contribution < 1.29 is 59.5 Å². The van der Waals surface area contributed by atoms with E-state index in [0.717, 1.165) is 19.3 Å². The van der Waals surface area contributed by atoms with Gasteiger partial charge in [-0.25, -0.2) is 0 Å². The van der Waals surface area contributed by atoms with Crippen LogP contribution in [0.1, 0.15) is 110 Å². The number of rotatable bonds is 22.